The van der Waals surface area contributed by atoms with Gasteiger partial charge in [-0.05, 0) is 25.0 Å². The molecule has 0 aliphatic carbocycles. The molecular weight excluding hydrogens is 318 g/mol. The summed E-state index contributed by atoms with van der Waals surface area (Å²) in [6.07, 6.45) is 1.78. The highest BCUT2D eigenvalue weighted by molar-refractivity contribution is 9.10. The van der Waals surface area contributed by atoms with E-state index in [4.69, 9.17) is 0 Å². The first-order chi connectivity index (χ1) is 9.47. The number of Topliss-reactive ketones (excluding diaryl/α,β-unsaturated/α-hetero) is 1. The zero-order chi connectivity index (χ0) is 14.7. The molecule has 0 bridgehead atoms. The van der Waals surface area contributed by atoms with Crippen LogP contribution in [0.4, 0.5) is 0 Å². The van der Waals surface area contributed by atoms with E-state index in [0.717, 1.165) is 22.4 Å². The van der Waals surface area contributed by atoms with E-state index in [1.165, 1.54) is 6.33 Å². The number of hydrogen-bond acceptors (Lipinski definition) is 3. The van der Waals surface area contributed by atoms with Crippen molar-refractivity contribution in [1.82, 2.24) is 14.8 Å². The lowest BCUT2D eigenvalue weighted by atomic mass is 10.1. The van der Waals surface area contributed by atoms with Crippen molar-refractivity contribution >= 4 is 21.7 Å². The van der Waals surface area contributed by atoms with Crippen LogP contribution in [-0.2, 0) is 13.0 Å². The van der Waals surface area contributed by atoms with Gasteiger partial charge in [-0.25, -0.2) is 9.67 Å². The van der Waals surface area contributed by atoms with Crippen LogP contribution in [0.15, 0.2) is 29.0 Å². The van der Waals surface area contributed by atoms with E-state index in [-0.39, 0.29) is 12.2 Å². The third kappa shape index (κ3) is 3.54. The van der Waals surface area contributed by atoms with Gasteiger partial charge >= 0.3 is 0 Å². The second-order valence-corrected chi connectivity index (χ2v) is 6.19. The summed E-state index contributed by atoms with van der Waals surface area (Å²) < 4.78 is 2.63. The number of aromatic nitrogens is 3. The Morgan fingerprint density at radius 2 is 2.15 bits per heavy atom. The molecule has 0 aliphatic heterocycles. The van der Waals surface area contributed by atoms with Crippen LogP contribution in [0.5, 0.6) is 0 Å². The molecule has 0 radical (unpaired) electrons. The van der Waals surface area contributed by atoms with Crippen LogP contribution in [0.3, 0.4) is 0 Å². The lowest BCUT2D eigenvalue weighted by molar-refractivity contribution is 0.0988. The predicted molar refractivity (Wildman–Crippen MR) is 81.8 cm³/mol. The molecule has 0 spiro atoms. The molecule has 2 rings (SSSR count). The maximum atomic E-state index is 12.4. The summed E-state index contributed by atoms with van der Waals surface area (Å²) in [5.74, 6) is 1.24. The van der Waals surface area contributed by atoms with Gasteiger partial charge < -0.3 is 0 Å². The van der Waals surface area contributed by atoms with Crippen molar-refractivity contribution in [3.8, 4) is 0 Å². The summed E-state index contributed by atoms with van der Waals surface area (Å²) in [7, 11) is 0. The monoisotopic (exact) mass is 335 g/mol. The van der Waals surface area contributed by atoms with Crippen LogP contribution >= 0.6 is 15.9 Å². The Kier molecular flexibility index (Phi) is 4.70. The Balaban J connectivity index is 2.20. The van der Waals surface area contributed by atoms with Crippen molar-refractivity contribution in [2.75, 3.05) is 0 Å². The molecule has 0 atom stereocenters. The van der Waals surface area contributed by atoms with E-state index in [9.17, 15) is 4.79 Å². The van der Waals surface area contributed by atoms with Crippen molar-refractivity contribution in [2.24, 2.45) is 5.92 Å². The second kappa shape index (κ2) is 6.31. The van der Waals surface area contributed by atoms with E-state index in [0.29, 0.717) is 11.5 Å². The number of nitrogens with zero attached hydrogens (tertiary/aromatic N) is 3. The molecule has 1 aromatic heterocycles. The lowest BCUT2D eigenvalue weighted by Gasteiger charge is -2.09. The molecule has 1 aromatic carbocycles. The molecule has 0 saturated carbocycles. The van der Waals surface area contributed by atoms with E-state index in [2.05, 4.69) is 39.9 Å². The molecular formula is C15H18BrN3O. The van der Waals surface area contributed by atoms with Gasteiger partial charge in [0, 0.05) is 16.6 Å². The highest BCUT2D eigenvalue weighted by atomic mass is 79.9. The minimum atomic E-state index is 0.0542. The number of rotatable bonds is 5. The fourth-order valence-corrected chi connectivity index (χ4v) is 2.48. The van der Waals surface area contributed by atoms with Crippen LogP contribution in [0.2, 0.25) is 0 Å². The van der Waals surface area contributed by atoms with Gasteiger partial charge in [-0.15, -0.1) is 0 Å². The van der Waals surface area contributed by atoms with Gasteiger partial charge in [-0.3, -0.25) is 4.79 Å². The van der Waals surface area contributed by atoms with E-state index in [1.54, 1.807) is 0 Å². The van der Waals surface area contributed by atoms with Crippen LogP contribution in [-0.4, -0.2) is 20.5 Å². The van der Waals surface area contributed by atoms with Gasteiger partial charge in [-0.2, -0.15) is 5.10 Å². The molecule has 5 heteroatoms. The van der Waals surface area contributed by atoms with E-state index in [1.807, 2.05) is 29.8 Å². The quantitative estimate of drug-likeness (QED) is 0.786. The van der Waals surface area contributed by atoms with Gasteiger partial charge in [0.15, 0.2) is 5.78 Å². The molecule has 106 valence electrons. The van der Waals surface area contributed by atoms with Gasteiger partial charge in [0.05, 0.1) is 6.42 Å². The van der Waals surface area contributed by atoms with Gasteiger partial charge in [0.25, 0.3) is 0 Å². The molecule has 0 aliphatic rings. The highest BCUT2D eigenvalue weighted by Crippen LogP contribution is 2.20. The third-order valence-corrected chi connectivity index (χ3v) is 3.67. The third-order valence-electron chi connectivity index (χ3n) is 2.97. The minimum Gasteiger partial charge on any atom is -0.294 e. The first-order valence-electron chi connectivity index (χ1n) is 6.63. The fourth-order valence-electron chi connectivity index (χ4n) is 2.02. The molecule has 0 N–H and O–H groups in total. The zero-order valence-electron chi connectivity index (χ0n) is 11.9. The molecule has 20 heavy (non-hydrogen) atoms. The summed E-state index contributed by atoms with van der Waals surface area (Å²) in [5, 5.41) is 4.18. The maximum Gasteiger partial charge on any atom is 0.171 e. The van der Waals surface area contributed by atoms with E-state index < -0.39 is 0 Å². The molecule has 0 unspecified atom stereocenters. The van der Waals surface area contributed by atoms with Gasteiger partial charge in [0.1, 0.15) is 12.2 Å². The SMILES string of the molecule is Cc1ccc(Br)c(C(=O)Cc2ncnn2CC(C)C)c1. The smallest absolute Gasteiger partial charge is 0.171 e. The molecule has 4 nitrogen and oxygen atoms in total. The molecule has 2 aromatic rings. The summed E-state index contributed by atoms with van der Waals surface area (Å²) in [5.41, 5.74) is 1.77. The number of carbonyl (C=O) groups excluding carboxylic acids is 1. The molecule has 0 fully saturated rings. The van der Waals surface area contributed by atoms with Crippen LogP contribution in [0.25, 0.3) is 0 Å². The van der Waals surface area contributed by atoms with Crippen LogP contribution in [0.1, 0.15) is 35.6 Å². The van der Waals surface area contributed by atoms with Crippen LogP contribution < -0.4 is 0 Å². The Hall–Kier alpha value is -1.49. The number of halogens is 1. The fraction of sp³-hybridized carbons (Fsp3) is 0.400. The average Bonchev–Trinajstić information content (AvgIpc) is 2.78. The Morgan fingerprint density at radius 3 is 2.85 bits per heavy atom. The number of ketones is 1. The normalized spacial score (nSPS) is 11.1. The summed E-state index contributed by atoms with van der Waals surface area (Å²) >= 11 is 3.43. The number of aryl methyl sites for hydroxylation is 1. The summed E-state index contributed by atoms with van der Waals surface area (Å²) in [6.45, 7) is 6.98. The molecule has 0 saturated heterocycles. The second-order valence-electron chi connectivity index (χ2n) is 5.34. The van der Waals surface area contributed by atoms with Crippen molar-refractivity contribution in [2.45, 2.75) is 33.7 Å². The lowest BCUT2D eigenvalue weighted by Crippen LogP contribution is -2.14. The highest BCUT2D eigenvalue weighted by Gasteiger charge is 2.15. The van der Waals surface area contributed by atoms with Crippen molar-refractivity contribution in [3.63, 3.8) is 0 Å². The van der Waals surface area contributed by atoms with Crippen molar-refractivity contribution < 1.29 is 4.79 Å². The predicted octanol–water partition coefficient (Wildman–Crippen LogP) is 3.43. The summed E-state index contributed by atoms with van der Waals surface area (Å²) in [6, 6.07) is 5.78. The number of benzene rings is 1. The standard InChI is InChI=1S/C15H18BrN3O/c1-10(2)8-19-15(17-9-18-19)7-14(20)12-6-11(3)4-5-13(12)16/h4-6,9-10H,7-8H2,1-3H3. The Bertz CT molecular complexity index is 619. The van der Waals surface area contributed by atoms with Crippen LogP contribution in [0, 0.1) is 12.8 Å². The number of hydrogen-bond donors (Lipinski definition) is 0. The van der Waals surface area contributed by atoms with Crippen molar-refractivity contribution in [1.29, 1.82) is 0 Å². The first-order valence-corrected chi connectivity index (χ1v) is 7.42. The largest absolute Gasteiger partial charge is 0.294 e. The van der Waals surface area contributed by atoms with Gasteiger partial charge in [-0.1, -0.05) is 41.4 Å². The Morgan fingerprint density at radius 1 is 1.40 bits per heavy atom. The maximum absolute atomic E-state index is 12.4. The Labute approximate surface area is 127 Å². The first kappa shape index (κ1) is 14.9. The molecule has 1 heterocycles. The van der Waals surface area contributed by atoms with Gasteiger partial charge in [0.2, 0.25) is 0 Å². The average molecular weight is 336 g/mol. The van der Waals surface area contributed by atoms with E-state index >= 15 is 0 Å². The minimum absolute atomic E-state index is 0.0542. The summed E-state index contributed by atoms with van der Waals surface area (Å²) in [4.78, 5) is 16.6. The van der Waals surface area contributed by atoms with Crippen molar-refractivity contribution in [3.05, 3.63) is 46.0 Å². The number of carbonyl (C=O) groups is 1. The zero-order valence-corrected chi connectivity index (χ0v) is 13.5. The molecule has 0 amide bonds. The topological polar surface area (TPSA) is 47.8 Å².